The van der Waals surface area contributed by atoms with Crippen LogP contribution in [0.4, 0.5) is 11.4 Å². The van der Waals surface area contributed by atoms with Gasteiger partial charge < -0.3 is 10.1 Å². The van der Waals surface area contributed by atoms with Gasteiger partial charge in [-0.25, -0.2) is 0 Å². The van der Waals surface area contributed by atoms with E-state index in [0.717, 1.165) is 10.0 Å². The van der Waals surface area contributed by atoms with Crippen molar-refractivity contribution in [3.63, 3.8) is 0 Å². The van der Waals surface area contributed by atoms with Crippen molar-refractivity contribution in [1.29, 1.82) is 0 Å². The van der Waals surface area contributed by atoms with E-state index < -0.39 is 4.92 Å². The van der Waals surface area contributed by atoms with Gasteiger partial charge in [0.25, 0.3) is 5.69 Å². The first kappa shape index (κ1) is 17.7. The molecule has 0 aliphatic heterocycles. The minimum absolute atomic E-state index is 0.0140. The quantitative estimate of drug-likeness (QED) is 0.468. The summed E-state index contributed by atoms with van der Waals surface area (Å²) in [5.41, 5.74) is 1.88. The number of methoxy groups -OCH3 is 1. The molecule has 0 heterocycles. The summed E-state index contributed by atoms with van der Waals surface area (Å²) in [5.74, 6) is 0.308. The molecular weight excluding hydrogens is 376 g/mol. The summed E-state index contributed by atoms with van der Waals surface area (Å²) in [6, 6.07) is 9.75. The number of hydrogen-bond acceptors (Lipinski definition) is 4. The standard InChI is InChI=1S/C17H15BrN2O4/c1-11-9-14(20(22)23)5-6-15(11)19-17(21)8-3-12-10-13(18)4-7-16(12)24-2/h3-10H,1-2H3,(H,19,21)/b8-3+. The monoisotopic (exact) mass is 390 g/mol. The number of aryl methyl sites for hydroxylation is 1. The lowest BCUT2D eigenvalue weighted by atomic mass is 10.1. The fourth-order valence-electron chi connectivity index (χ4n) is 2.08. The predicted octanol–water partition coefficient (Wildman–Crippen LogP) is 4.33. The van der Waals surface area contributed by atoms with Gasteiger partial charge in [-0.05, 0) is 42.8 Å². The van der Waals surface area contributed by atoms with Crippen LogP contribution in [0.25, 0.3) is 6.08 Å². The fourth-order valence-corrected chi connectivity index (χ4v) is 2.46. The van der Waals surface area contributed by atoms with Crippen LogP contribution in [-0.2, 0) is 4.79 Å². The van der Waals surface area contributed by atoms with Crippen LogP contribution in [0.2, 0.25) is 0 Å². The van der Waals surface area contributed by atoms with E-state index in [1.165, 1.54) is 24.3 Å². The summed E-state index contributed by atoms with van der Waals surface area (Å²) in [7, 11) is 1.56. The zero-order valence-corrected chi connectivity index (χ0v) is 14.7. The van der Waals surface area contributed by atoms with Gasteiger partial charge in [-0.3, -0.25) is 14.9 Å². The third kappa shape index (κ3) is 4.42. The van der Waals surface area contributed by atoms with E-state index in [-0.39, 0.29) is 11.6 Å². The first-order valence-electron chi connectivity index (χ1n) is 6.98. The Morgan fingerprint density at radius 2 is 2.04 bits per heavy atom. The lowest BCUT2D eigenvalue weighted by molar-refractivity contribution is -0.384. The van der Waals surface area contributed by atoms with Crippen molar-refractivity contribution in [2.45, 2.75) is 6.92 Å². The number of ether oxygens (including phenoxy) is 1. The predicted molar refractivity (Wildman–Crippen MR) is 96.2 cm³/mol. The van der Waals surface area contributed by atoms with E-state index in [4.69, 9.17) is 4.74 Å². The molecule has 124 valence electrons. The van der Waals surface area contributed by atoms with Crippen LogP contribution in [0.1, 0.15) is 11.1 Å². The van der Waals surface area contributed by atoms with Crippen molar-refractivity contribution in [3.05, 3.63) is 68.2 Å². The zero-order valence-electron chi connectivity index (χ0n) is 13.1. The highest BCUT2D eigenvalue weighted by Gasteiger charge is 2.09. The summed E-state index contributed by atoms with van der Waals surface area (Å²) in [6.45, 7) is 1.70. The molecular formula is C17H15BrN2O4. The molecule has 0 atom stereocenters. The first-order chi connectivity index (χ1) is 11.4. The van der Waals surface area contributed by atoms with E-state index in [1.54, 1.807) is 26.2 Å². The number of nitro benzene ring substituents is 1. The third-order valence-corrected chi connectivity index (χ3v) is 3.78. The van der Waals surface area contributed by atoms with Crippen LogP contribution in [-0.4, -0.2) is 17.9 Å². The molecule has 0 aromatic heterocycles. The number of halogens is 1. The molecule has 1 N–H and O–H groups in total. The number of amides is 1. The molecule has 2 aromatic rings. The zero-order chi connectivity index (χ0) is 17.7. The van der Waals surface area contributed by atoms with Gasteiger partial charge in [-0.15, -0.1) is 0 Å². The van der Waals surface area contributed by atoms with Crippen molar-refractivity contribution < 1.29 is 14.5 Å². The van der Waals surface area contributed by atoms with Gasteiger partial charge >= 0.3 is 0 Å². The maximum atomic E-state index is 12.1. The number of nitrogens with zero attached hydrogens (tertiary/aromatic N) is 1. The average Bonchev–Trinajstić information content (AvgIpc) is 2.54. The van der Waals surface area contributed by atoms with Gasteiger partial charge in [0.1, 0.15) is 5.75 Å². The molecule has 0 aliphatic rings. The number of non-ortho nitro benzene ring substituents is 1. The summed E-state index contributed by atoms with van der Waals surface area (Å²) in [5, 5.41) is 13.4. The van der Waals surface area contributed by atoms with Crippen molar-refractivity contribution >= 4 is 39.3 Å². The van der Waals surface area contributed by atoms with Gasteiger partial charge in [0.05, 0.1) is 12.0 Å². The van der Waals surface area contributed by atoms with E-state index in [2.05, 4.69) is 21.2 Å². The van der Waals surface area contributed by atoms with E-state index in [9.17, 15) is 14.9 Å². The van der Waals surface area contributed by atoms with E-state index >= 15 is 0 Å². The first-order valence-corrected chi connectivity index (χ1v) is 7.77. The molecule has 1 amide bonds. The molecule has 2 aromatic carbocycles. The summed E-state index contributed by atoms with van der Waals surface area (Å²) >= 11 is 3.37. The topological polar surface area (TPSA) is 81.5 Å². The molecule has 0 saturated carbocycles. The highest BCUT2D eigenvalue weighted by molar-refractivity contribution is 9.10. The van der Waals surface area contributed by atoms with Crippen LogP contribution < -0.4 is 10.1 Å². The summed E-state index contributed by atoms with van der Waals surface area (Å²) < 4.78 is 6.11. The summed E-state index contributed by atoms with van der Waals surface area (Å²) in [6.07, 6.45) is 3.02. The number of hydrogen-bond donors (Lipinski definition) is 1. The normalized spacial score (nSPS) is 10.6. The molecule has 0 unspecified atom stereocenters. The van der Waals surface area contributed by atoms with Crippen molar-refractivity contribution in [1.82, 2.24) is 0 Å². The van der Waals surface area contributed by atoms with Gasteiger partial charge in [0, 0.05) is 33.9 Å². The molecule has 0 saturated heterocycles. The largest absolute Gasteiger partial charge is 0.496 e. The highest BCUT2D eigenvalue weighted by Crippen LogP contribution is 2.24. The van der Waals surface area contributed by atoms with Gasteiger partial charge in [0.15, 0.2) is 0 Å². The second kappa shape index (κ2) is 7.74. The van der Waals surface area contributed by atoms with Gasteiger partial charge in [0.2, 0.25) is 5.91 Å². The maximum Gasteiger partial charge on any atom is 0.269 e. The van der Waals surface area contributed by atoms with Crippen LogP contribution in [0.3, 0.4) is 0 Å². The number of nitro groups is 1. The molecule has 0 fully saturated rings. The van der Waals surface area contributed by atoms with Gasteiger partial charge in [-0.2, -0.15) is 0 Å². The number of carbonyl (C=O) groups excluding carboxylic acids is 1. The summed E-state index contributed by atoms with van der Waals surface area (Å²) in [4.78, 5) is 22.3. The molecule has 2 rings (SSSR count). The minimum atomic E-state index is -0.474. The fraction of sp³-hybridized carbons (Fsp3) is 0.118. The Labute approximate surface area is 147 Å². The minimum Gasteiger partial charge on any atom is -0.496 e. The number of carbonyl (C=O) groups is 1. The second-order valence-corrected chi connectivity index (χ2v) is 5.88. The molecule has 24 heavy (non-hydrogen) atoms. The molecule has 6 nitrogen and oxygen atoms in total. The SMILES string of the molecule is COc1ccc(Br)cc1/C=C/C(=O)Nc1ccc([N+](=O)[O-])cc1C. The lowest BCUT2D eigenvalue weighted by Gasteiger charge is -2.07. The number of anilines is 1. The molecule has 0 bridgehead atoms. The molecule has 0 radical (unpaired) electrons. The van der Waals surface area contributed by atoms with E-state index in [0.29, 0.717) is 17.0 Å². The highest BCUT2D eigenvalue weighted by atomic mass is 79.9. The number of nitrogens with one attached hydrogen (secondary N) is 1. The third-order valence-electron chi connectivity index (χ3n) is 3.28. The smallest absolute Gasteiger partial charge is 0.269 e. The number of rotatable bonds is 5. The van der Waals surface area contributed by atoms with Crippen LogP contribution >= 0.6 is 15.9 Å². The Kier molecular flexibility index (Phi) is 5.70. The average molecular weight is 391 g/mol. The van der Waals surface area contributed by atoms with Crippen molar-refractivity contribution in [2.75, 3.05) is 12.4 Å². The Hall–Kier alpha value is -2.67. The Morgan fingerprint density at radius 1 is 1.29 bits per heavy atom. The Bertz CT molecular complexity index is 818. The van der Waals surface area contributed by atoms with Crippen LogP contribution in [0.5, 0.6) is 5.75 Å². The van der Waals surface area contributed by atoms with Crippen LogP contribution in [0.15, 0.2) is 46.9 Å². The lowest BCUT2D eigenvalue weighted by Crippen LogP contribution is -2.09. The molecule has 0 aliphatic carbocycles. The van der Waals surface area contributed by atoms with Crippen molar-refractivity contribution in [2.24, 2.45) is 0 Å². The Morgan fingerprint density at radius 3 is 2.67 bits per heavy atom. The van der Waals surface area contributed by atoms with Crippen LogP contribution in [0, 0.1) is 17.0 Å². The van der Waals surface area contributed by atoms with E-state index in [1.807, 2.05) is 12.1 Å². The number of benzene rings is 2. The Balaban J connectivity index is 2.14. The molecule has 7 heteroatoms. The second-order valence-electron chi connectivity index (χ2n) is 4.97. The maximum absolute atomic E-state index is 12.1. The van der Waals surface area contributed by atoms with Crippen molar-refractivity contribution in [3.8, 4) is 5.75 Å². The molecule has 0 spiro atoms. The van der Waals surface area contributed by atoms with Gasteiger partial charge in [-0.1, -0.05) is 15.9 Å².